The molecule has 0 unspecified atom stereocenters. The average Bonchev–Trinajstić information content (AvgIpc) is 3.20. The molecule has 0 aliphatic carbocycles. The van der Waals surface area contributed by atoms with Crippen molar-refractivity contribution >= 4 is 35.6 Å². The van der Waals surface area contributed by atoms with Gasteiger partial charge < -0.3 is 23.8 Å². The standard InChI is InChI=1S/C17H25NO8S/c1-7-12(18(7)8(2)19)13-14(23-9(3)20)15(24-10(4)21)16(25-11(5)22)17(26-13)27-6/h7,12-17H,1-6H3/t7-,12-,13+,14-,15+,16+,17-,18?/m0/s1. The van der Waals surface area contributed by atoms with E-state index < -0.39 is 47.8 Å². The lowest BCUT2D eigenvalue weighted by atomic mass is 9.95. The Morgan fingerprint density at radius 3 is 1.74 bits per heavy atom. The average molecular weight is 403 g/mol. The molecular weight excluding hydrogens is 378 g/mol. The van der Waals surface area contributed by atoms with Crippen LogP contribution in [0.3, 0.4) is 0 Å². The third-order valence-corrected chi connectivity index (χ3v) is 5.38. The molecule has 152 valence electrons. The van der Waals surface area contributed by atoms with Crippen molar-refractivity contribution in [1.29, 1.82) is 0 Å². The number of rotatable bonds is 5. The minimum Gasteiger partial charge on any atom is -0.456 e. The van der Waals surface area contributed by atoms with E-state index >= 15 is 0 Å². The van der Waals surface area contributed by atoms with Crippen molar-refractivity contribution in [3.05, 3.63) is 0 Å². The molecule has 1 amide bonds. The summed E-state index contributed by atoms with van der Waals surface area (Å²) in [5.41, 5.74) is -0.656. The number of carbonyl (C=O) groups is 4. The first kappa shape index (κ1) is 21.5. The van der Waals surface area contributed by atoms with Crippen LogP contribution in [0.2, 0.25) is 0 Å². The number of hydrogen-bond acceptors (Lipinski definition) is 9. The van der Waals surface area contributed by atoms with Crippen molar-refractivity contribution in [1.82, 2.24) is 4.90 Å². The van der Waals surface area contributed by atoms with Crippen LogP contribution >= 0.6 is 11.8 Å². The van der Waals surface area contributed by atoms with Crippen molar-refractivity contribution in [2.24, 2.45) is 0 Å². The molecule has 0 spiro atoms. The Labute approximate surface area is 162 Å². The molecule has 2 aliphatic rings. The van der Waals surface area contributed by atoms with Gasteiger partial charge in [-0.2, -0.15) is 0 Å². The van der Waals surface area contributed by atoms with Gasteiger partial charge in [0.1, 0.15) is 11.5 Å². The fourth-order valence-corrected chi connectivity index (χ4v) is 4.29. The maximum Gasteiger partial charge on any atom is 0.303 e. The van der Waals surface area contributed by atoms with E-state index in [0.29, 0.717) is 0 Å². The molecule has 0 bridgehead atoms. The molecule has 7 atom stereocenters. The fraction of sp³-hybridized carbons (Fsp3) is 0.765. The molecule has 2 fully saturated rings. The lowest BCUT2D eigenvalue weighted by molar-refractivity contribution is -0.232. The van der Waals surface area contributed by atoms with E-state index in [0.717, 1.165) is 0 Å². The second kappa shape index (κ2) is 8.47. The van der Waals surface area contributed by atoms with Gasteiger partial charge in [0.05, 0.1) is 12.1 Å². The summed E-state index contributed by atoms with van der Waals surface area (Å²) in [6, 6.07) is -0.450. The molecule has 0 N–H and O–H groups in total. The summed E-state index contributed by atoms with van der Waals surface area (Å²) >= 11 is 1.27. The fourth-order valence-electron chi connectivity index (χ4n) is 3.57. The summed E-state index contributed by atoms with van der Waals surface area (Å²) < 4.78 is 22.2. The normalized spacial score (nSPS) is 35.2. The van der Waals surface area contributed by atoms with E-state index in [1.165, 1.54) is 39.5 Å². The quantitative estimate of drug-likeness (QED) is 0.368. The predicted octanol–water partition coefficient (Wildman–Crippen LogP) is 0.489. The van der Waals surface area contributed by atoms with E-state index in [4.69, 9.17) is 18.9 Å². The van der Waals surface area contributed by atoms with Gasteiger partial charge in [-0.05, 0) is 13.2 Å². The SMILES string of the molecule is CS[C@@H]1O[C@H]([C@@H]2[C@H](C)N2C(C)=O)[C@H](OC(C)=O)[C@@H](OC(C)=O)[C@H]1OC(C)=O. The zero-order valence-electron chi connectivity index (χ0n) is 16.2. The van der Waals surface area contributed by atoms with Crippen LogP contribution in [0.5, 0.6) is 0 Å². The smallest absolute Gasteiger partial charge is 0.303 e. The number of nitrogens with zero attached hydrogens (tertiary/aromatic N) is 1. The molecule has 2 rings (SSSR count). The number of amides is 1. The summed E-state index contributed by atoms with van der Waals surface area (Å²) in [5, 5.41) is 0. The molecule has 9 nitrogen and oxygen atoms in total. The highest BCUT2D eigenvalue weighted by Crippen LogP contribution is 2.41. The van der Waals surface area contributed by atoms with Crippen LogP contribution in [0, 0.1) is 0 Å². The first-order chi connectivity index (χ1) is 12.6. The Bertz CT molecular complexity index is 626. The number of thioether (sulfide) groups is 1. The zero-order chi connectivity index (χ0) is 20.5. The predicted molar refractivity (Wildman–Crippen MR) is 94.6 cm³/mol. The van der Waals surface area contributed by atoms with Crippen LogP contribution in [0.25, 0.3) is 0 Å². The highest BCUT2D eigenvalue weighted by atomic mass is 32.2. The molecule has 2 saturated heterocycles. The topological polar surface area (TPSA) is 108 Å². The number of ether oxygens (including phenoxy) is 4. The number of carbonyl (C=O) groups excluding carboxylic acids is 4. The molecule has 0 radical (unpaired) electrons. The van der Waals surface area contributed by atoms with Crippen molar-refractivity contribution in [3.63, 3.8) is 0 Å². The lowest BCUT2D eigenvalue weighted by Gasteiger charge is -2.44. The van der Waals surface area contributed by atoms with E-state index in [1.54, 1.807) is 11.2 Å². The Hall–Kier alpha value is -1.81. The molecule has 0 aromatic carbocycles. The lowest BCUT2D eigenvalue weighted by Crippen LogP contribution is -2.62. The first-order valence-electron chi connectivity index (χ1n) is 8.57. The van der Waals surface area contributed by atoms with Gasteiger partial charge in [-0.1, -0.05) is 0 Å². The number of hydrogen-bond donors (Lipinski definition) is 0. The van der Waals surface area contributed by atoms with Crippen molar-refractivity contribution in [3.8, 4) is 0 Å². The highest BCUT2D eigenvalue weighted by Gasteiger charge is 2.61. The van der Waals surface area contributed by atoms with E-state index in [9.17, 15) is 19.2 Å². The third kappa shape index (κ3) is 4.73. The largest absolute Gasteiger partial charge is 0.456 e. The van der Waals surface area contributed by atoms with Gasteiger partial charge in [0, 0.05) is 27.7 Å². The maximum atomic E-state index is 11.8. The van der Waals surface area contributed by atoms with Gasteiger partial charge in [0.15, 0.2) is 18.3 Å². The Kier molecular flexibility index (Phi) is 6.74. The highest BCUT2D eigenvalue weighted by molar-refractivity contribution is 7.99. The van der Waals surface area contributed by atoms with Crippen molar-refractivity contribution < 1.29 is 38.1 Å². The van der Waals surface area contributed by atoms with Crippen molar-refractivity contribution in [2.75, 3.05) is 6.26 Å². The van der Waals surface area contributed by atoms with Crippen LogP contribution in [0.1, 0.15) is 34.6 Å². The minimum atomic E-state index is -1.05. The molecular formula is C17H25NO8S. The first-order valence-corrected chi connectivity index (χ1v) is 9.86. The van der Waals surface area contributed by atoms with Gasteiger partial charge in [0.25, 0.3) is 0 Å². The monoisotopic (exact) mass is 403 g/mol. The Balaban J connectivity index is 2.41. The van der Waals surface area contributed by atoms with Gasteiger partial charge in [-0.15, -0.1) is 11.8 Å². The van der Waals surface area contributed by atoms with Crippen LogP contribution in [-0.4, -0.2) is 76.9 Å². The molecule has 2 heterocycles. The molecule has 0 aromatic heterocycles. The van der Waals surface area contributed by atoms with E-state index in [-0.39, 0.29) is 18.0 Å². The van der Waals surface area contributed by atoms with Crippen LogP contribution in [0.4, 0.5) is 0 Å². The Morgan fingerprint density at radius 1 is 0.852 bits per heavy atom. The molecule has 0 saturated carbocycles. The minimum absolute atomic E-state index is 0.115. The summed E-state index contributed by atoms with van der Waals surface area (Å²) in [6.07, 6.45) is -1.99. The molecule has 10 heteroatoms. The zero-order valence-corrected chi connectivity index (χ0v) is 17.0. The summed E-state index contributed by atoms with van der Waals surface area (Å²) in [4.78, 5) is 48.4. The summed E-state index contributed by atoms with van der Waals surface area (Å²) in [7, 11) is 0. The van der Waals surface area contributed by atoms with Gasteiger partial charge in [-0.25, -0.2) is 0 Å². The van der Waals surface area contributed by atoms with Crippen LogP contribution in [-0.2, 0) is 38.1 Å². The third-order valence-electron chi connectivity index (χ3n) is 4.53. The van der Waals surface area contributed by atoms with Crippen molar-refractivity contribution in [2.45, 2.75) is 76.6 Å². The summed E-state index contributed by atoms with van der Waals surface area (Å²) in [6.45, 7) is 6.97. The van der Waals surface area contributed by atoms with E-state index in [2.05, 4.69) is 0 Å². The van der Waals surface area contributed by atoms with Gasteiger partial charge in [0.2, 0.25) is 5.91 Å². The number of esters is 3. The van der Waals surface area contributed by atoms with Crippen LogP contribution in [0.15, 0.2) is 0 Å². The maximum absolute atomic E-state index is 11.8. The second-order valence-corrected chi connectivity index (χ2v) is 7.52. The van der Waals surface area contributed by atoms with Crippen LogP contribution < -0.4 is 0 Å². The summed E-state index contributed by atoms with van der Waals surface area (Å²) in [5.74, 6) is -1.92. The van der Waals surface area contributed by atoms with Gasteiger partial charge in [-0.3, -0.25) is 19.2 Å². The van der Waals surface area contributed by atoms with Gasteiger partial charge >= 0.3 is 17.9 Å². The molecule has 2 aliphatic heterocycles. The Morgan fingerprint density at radius 2 is 1.33 bits per heavy atom. The molecule has 27 heavy (non-hydrogen) atoms. The molecule has 0 aromatic rings. The van der Waals surface area contributed by atoms with E-state index in [1.807, 2.05) is 6.92 Å². The second-order valence-electron chi connectivity index (χ2n) is 6.58.